The van der Waals surface area contributed by atoms with Crippen molar-refractivity contribution in [3.05, 3.63) is 23.4 Å². The van der Waals surface area contributed by atoms with E-state index in [2.05, 4.69) is 10.3 Å². The van der Waals surface area contributed by atoms with Gasteiger partial charge in [-0.15, -0.1) is 0 Å². The van der Waals surface area contributed by atoms with Crippen LogP contribution in [0.3, 0.4) is 0 Å². The van der Waals surface area contributed by atoms with Gasteiger partial charge >= 0.3 is 0 Å². The van der Waals surface area contributed by atoms with E-state index in [1.54, 1.807) is 6.07 Å². The third-order valence-corrected chi connectivity index (χ3v) is 4.65. The number of nitrogens with two attached hydrogens (primary N) is 1. The average Bonchev–Trinajstić information content (AvgIpc) is 3.45. The molecule has 1 unspecified atom stereocenters. The molecular formula is C19H27N3O3. The zero-order valence-electron chi connectivity index (χ0n) is 15.0. The summed E-state index contributed by atoms with van der Waals surface area (Å²) in [6, 6.07) is 2.96. The van der Waals surface area contributed by atoms with Crippen LogP contribution in [0.1, 0.15) is 67.9 Å². The minimum atomic E-state index is -0.687. The summed E-state index contributed by atoms with van der Waals surface area (Å²) in [5.41, 5.74) is 6.76. The van der Waals surface area contributed by atoms with Gasteiger partial charge in [0.25, 0.3) is 5.91 Å². The first-order valence-electron chi connectivity index (χ1n) is 9.18. The number of hydrogen-bond donors (Lipinski definition) is 2. The van der Waals surface area contributed by atoms with Crippen molar-refractivity contribution in [1.29, 1.82) is 0 Å². The molecule has 2 saturated carbocycles. The fraction of sp³-hybridized carbons (Fsp3) is 0.632. The summed E-state index contributed by atoms with van der Waals surface area (Å²) in [6.45, 7) is 4.62. The van der Waals surface area contributed by atoms with Gasteiger partial charge in [0.15, 0.2) is 0 Å². The number of ether oxygens (including phenoxy) is 1. The molecule has 3 rings (SSSR count). The Kier molecular flexibility index (Phi) is 5.25. The summed E-state index contributed by atoms with van der Waals surface area (Å²) >= 11 is 0. The van der Waals surface area contributed by atoms with E-state index in [1.165, 1.54) is 12.8 Å². The largest absolute Gasteiger partial charge is 0.477 e. The molecule has 3 N–H and O–H groups in total. The maximum atomic E-state index is 12.5. The highest BCUT2D eigenvalue weighted by molar-refractivity contribution is 5.96. The predicted octanol–water partition coefficient (Wildman–Crippen LogP) is 2.38. The Hall–Kier alpha value is -2.11. The number of nitrogens with one attached hydrogen (secondary N) is 1. The van der Waals surface area contributed by atoms with E-state index >= 15 is 0 Å². The molecule has 1 aromatic rings. The van der Waals surface area contributed by atoms with Crippen molar-refractivity contribution < 1.29 is 14.3 Å². The molecule has 0 aliphatic heterocycles. The summed E-state index contributed by atoms with van der Waals surface area (Å²) in [5, 5.41) is 2.70. The van der Waals surface area contributed by atoms with Crippen LogP contribution < -0.4 is 15.8 Å². The second kappa shape index (κ2) is 7.42. The first-order valence-corrected chi connectivity index (χ1v) is 9.18. The summed E-state index contributed by atoms with van der Waals surface area (Å²) in [4.78, 5) is 28.5. The van der Waals surface area contributed by atoms with E-state index in [-0.39, 0.29) is 17.5 Å². The molecule has 1 aromatic heterocycles. The molecule has 0 spiro atoms. The molecule has 25 heavy (non-hydrogen) atoms. The SMILES string of the molecule is CC(C)CC(NC(=O)c1ccc(C2CC2)c(OCC2CC2)n1)C(N)=O. The van der Waals surface area contributed by atoms with Crippen molar-refractivity contribution in [2.75, 3.05) is 6.61 Å². The van der Waals surface area contributed by atoms with Gasteiger partial charge in [0.1, 0.15) is 11.7 Å². The third-order valence-electron chi connectivity index (χ3n) is 4.65. The number of amides is 2. The van der Waals surface area contributed by atoms with Gasteiger partial charge in [0.2, 0.25) is 11.8 Å². The second-order valence-corrected chi connectivity index (χ2v) is 7.68. The average molecular weight is 345 g/mol. The van der Waals surface area contributed by atoms with Crippen LogP contribution >= 0.6 is 0 Å². The van der Waals surface area contributed by atoms with Crippen molar-refractivity contribution in [3.8, 4) is 5.88 Å². The van der Waals surface area contributed by atoms with E-state index in [0.717, 1.165) is 18.4 Å². The van der Waals surface area contributed by atoms with Crippen LogP contribution in [0, 0.1) is 11.8 Å². The third kappa shape index (κ3) is 4.94. The highest BCUT2D eigenvalue weighted by Crippen LogP contribution is 2.44. The number of aromatic nitrogens is 1. The quantitative estimate of drug-likeness (QED) is 0.718. The summed E-state index contributed by atoms with van der Waals surface area (Å²) in [7, 11) is 0. The van der Waals surface area contributed by atoms with Crippen LogP contribution in [-0.4, -0.2) is 29.4 Å². The van der Waals surface area contributed by atoms with Crippen LogP contribution in [0.2, 0.25) is 0 Å². The predicted molar refractivity (Wildman–Crippen MR) is 94.3 cm³/mol. The molecule has 0 radical (unpaired) electrons. The zero-order valence-corrected chi connectivity index (χ0v) is 15.0. The number of primary amides is 1. The summed E-state index contributed by atoms with van der Waals surface area (Å²) in [5.74, 6) is 1.03. The van der Waals surface area contributed by atoms with E-state index in [1.807, 2.05) is 19.9 Å². The fourth-order valence-electron chi connectivity index (χ4n) is 2.83. The molecule has 2 aliphatic rings. The second-order valence-electron chi connectivity index (χ2n) is 7.68. The minimum Gasteiger partial charge on any atom is -0.477 e. The Morgan fingerprint density at radius 1 is 1.28 bits per heavy atom. The van der Waals surface area contributed by atoms with Crippen LogP contribution in [0.15, 0.2) is 12.1 Å². The van der Waals surface area contributed by atoms with Crippen LogP contribution in [0.25, 0.3) is 0 Å². The van der Waals surface area contributed by atoms with Gasteiger partial charge in [-0.05, 0) is 55.9 Å². The van der Waals surface area contributed by atoms with Crippen molar-refractivity contribution >= 4 is 11.8 Å². The Morgan fingerprint density at radius 2 is 2.00 bits per heavy atom. The molecule has 0 bridgehead atoms. The lowest BCUT2D eigenvalue weighted by Crippen LogP contribution is -2.45. The van der Waals surface area contributed by atoms with Crippen LogP contribution in [0.5, 0.6) is 5.88 Å². The molecule has 0 aromatic carbocycles. The van der Waals surface area contributed by atoms with Gasteiger partial charge < -0.3 is 15.8 Å². The first kappa shape index (κ1) is 17.7. The normalized spacial score (nSPS) is 18.0. The fourth-order valence-corrected chi connectivity index (χ4v) is 2.83. The molecule has 2 fully saturated rings. The standard InChI is InChI=1S/C19H27N3O3/c1-11(2)9-16(17(20)23)21-18(24)15-8-7-14(13-5-6-13)19(22-15)25-10-12-3-4-12/h7-8,11-13,16H,3-6,9-10H2,1-2H3,(H2,20,23)(H,21,24). The van der Waals surface area contributed by atoms with E-state index in [9.17, 15) is 9.59 Å². The lowest BCUT2D eigenvalue weighted by Gasteiger charge is -2.18. The minimum absolute atomic E-state index is 0.250. The van der Waals surface area contributed by atoms with Crippen molar-refractivity contribution in [1.82, 2.24) is 10.3 Å². The highest BCUT2D eigenvalue weighted by Gasteiger charge is 2.30. The maximum absolute atomic E-state index is 12.5. The molecular weight excluding hydrogens is 318 g/mol. The molecule has 6 nitrogen and oxygen atoms in total. The summed E-state index contributed by atoms with van der Waals surface area (Å²) < 4.78 is 5.89. The number of carbonyl (C=O) groups is 2. The molecule has 1 atom stereocenters. The summed E-state index contributed by atoms with van der Waals surface area (Å²) in [6.07, 6.45) is 5.20. The number of hydrogen-bond acceptors (Lipinski definition) is 4. The van der Waals surface area contributed by atoms with Gasteiger partial charge in [-0.1, -0.05) is 19.9 Å². The molecule has 6 heteroatoms. The number of carbonyl (C=O) groups excluding carboxylic acids is 2. The lowest BCUT2D eigenvalue weighted by molar-refractivity contribution is -0.120. The highest BCUT2D eigenvalue weighted by atomic mass is 16.5. The zero-order chi connectivity index (χ0) is 18.0. The van der Waals surface area contributed by atoms with Crippen molar-refractivity contribution in [3.63, 3.8) is 0 Å². The molecule has 1 heterocycles. The molecule has 2 aliphatic carbocycles. The Balaban J connectivity index is 1.72. The first-order chi connectivity index (χ1) is 11.9. The smallest absolute Gasteiger partial charge is 0.270 e. The monoisotopic (exact) mass is 345 g/mol. The van der Waals surface area contributed by atoms with Gasteiger partial charge in [-0.25, -0.2) is 4.98 Å². The molecule has 2 amide bonds. The van der Waals surface area contributed by atoms with E-state index < -0.39 is 11.9 Å². The van der Waals surface area contributed by atoms with Gasteiger partial charge in [0.05, 0.1) is 6.61 Å². The molecule has 136 valence electrons. The van der Waals surface area contributed by atoms with Gasteiger partial charge in [0, 0.05) is 5.56 Å². The van der Waals surface area contributed by atoms with Crippen LogP contribution in [-0.2, 0) is 4.79 Å². The maximum Gasteiger partial charge on any atom is 0.270 e. The van der Waals surface area contributed by atoms with Crippen molar-refractivity contribution in [2.45, 2.75) is 57.9 Å². The topological polar surface area (TPSA) is 94.3 Å². The van der Waals surface area contributed by atoms with E-state index in [0.29, 0.717) is 30.7 Å². The van der Waals surface area contributed by atoms with Gasteiger partial charge in [-0.3, -0.25) is 9.59 Å². The molecule has 0 saturated heterocycles. The Labute approximate surface area is 148 Å². The Morgan fingerprint density at radius 3 is 2.56 bits per heavy atom. The lowest BCUT2D eigenvalue weighted by atomic mass is 10.0. The van der Waals surface area contributed by atoms with Crippen molar-refractivity contribution in [2.24, 2.45) is 17.6 Å². The van der Waals surface area contributed by atoms with Gasteiger partial charge in [-0.2, -0.15) is 0 Å². The van der Waals surface area contributed by atoms with Crippen LogP contribution in [0.4, 0.5) is 0 Å². The number of nitrogens with zero attached hydrogens (tertiary/aromatic N) is 1. The Bertz CT molecular complexity index is 651. The number of pyridine rings is 1. The van der Waals surface area contributed by atoms with E-state index in [4.69, 9.17) is 10.5 Å². The number of rotatable bonds is 9.